The summed E-state index contributed by atoms with van der Waals surface area (Å²) in [6.45, 7) is 3.12. The third-order valence-corrected chi connectivity index (χ3v) is 6.51. The molecule has 2 aromatic carbocycles. The van der Waals surface area contributed by atoms with Gasteiger partial charge in [0.25, 0.3) is 0 Å². The van der Waals surface area contributed by atoms with Crippen molar-refractivity contribution in [3.8, 4) is 11.5 Å². The molecule has 0 saturated heterocycles. The zero-order valence-electron chi connectivity index (χ0n) is 18.8. The van der Waals surface area contributed by atoms with E-state index in [1.807, 2.05) is 6.92 Å². The van der Waals surface area contributed by atoms with Gasteiger partial charge in [-0.1, -0.05) is 13.3 Å². The summed E-state index contributed by atoms with van der Waals surface area (Å²) in [4.78, 5) is 10.7. The molecule has 0 saturated carbocycles. The lowest BCUT2D eigenvalue weighted by molar-refractivity contribution is -0.139. The Balaban J connectivity index is 2.11. The molecule has 0 bridgehead atoms. The third kappa shape index (κ3) is 8.53. The second kappa shape index (κ2) is 12.1. The van der Waals surface area contributed by atoms with Gasteiger partial charge in [0.2, 0.25) is 0 Å². The van der Waals surface area contributed by atoms with Crippen LogP contribution in [0.15, 0.2) is 47.4 Å². The SMILES string of the molecule is CCCCO[C@H](COc1ccc(C(F)(F)F)cc1)CS(=O)(=O)c1ccc(OCC(=O)O)c(C)c1. The molecular formula is C23H27F3O7S. The van der Waals surface area contributed by atoms with E-state index in [4.69, 9.17) is 19.3 Å². The van der Waals surface area contributed by atoms with Crippen LogP contribution in [0.1, 0.15) is 30.9 Å². The van der Waals surface area contributed by atoms with Gasteiger partial charge in [-0.25, -0.2) is 13.2 Å². The summed E-state index contributed by atoms with van der Waals surface area (Å²) in [6.07, 6.45) is -3.80. The van der Waals surface area contributed by atoms with Crippen molar-refractivity contribution in [3.05, 3.63) is 53.6 Å². The maximum Gasteiger partial charge on any atom is 0.416 e. The Morgan fingerprint density at radius 2 is 1.76 bits per heavy atom. The molecule has 188 valence electrons. The van der Waals surface area contributed by atoms with Crippen molar-refractivity contribution in [2.45, 2.75) is 43.9 Å². The molecule has 7 nitrogen and oxygen atoms in total. The van der Waals surface area contributed by atoms with Crippen molar-refractivity contribution in [3.63, 3.8) is 0 Å². The molecule has 2 aromatic rings. The number of aryl methyl sites for hydroxylation is 1. The summed E-state index contributed by atoms with van der Waals surface area (Å²) >= 11 is 0. The summed E-state index contributed by atoms with van der Waals surface area (Å²) in [5.41, 5.74) is -0.365. The first-order chi connectivity index (χ1) is 15.9. The van der Waals surface area contributed by atoms with Gasteiger partial charge in [0.05, 0.1) is 16.2 Å². The number of carboxylic acids is 1. The van der Waals surface area contributed by atoms with Crippen LogP contribution < -0.4 is 9.47 Å². The van der Waals surface area contributed by atoms with Crippen molar-refractivity contribution in [2.75, 3.05) is 25.6 Å². The number of hydrogen-bond donors (Lipinski definition) is 1. The number of ether oxygens (including phenoxy) is 3. The van der Waals surface area contributed by atoms with Gasteiger partial charge in [-0.3, -0.25) is 0 Å². The van der Waals surface area contributed by atoms with E-state index in [1.54, 1.807) is 6.92 Å². The second-order valence-corrected chi connectivity index (χ2v) is 9.60. The highest BCUT2D eigenvalue weighted by Crippen LogP contribution is 2.30. The number of benzene rings is 2. The Bertz CT molecular complexity index is 1050. The van der Waals surface area contributed by atoms with Gasteiger partial charge >= 0.3 is 12.1 Å². The van der Waals surface area contributed by atoms with Gasteiger partial charge < -0.3 is 19.3 Å². The molecule has 1 N–H and O–H groups in total. The molecule has 1 atom stereocenters. The van der Waals surface area contributed by atoms with Crippen LogP contribution in [0, 0.1) is 6.92 Å². The number of rotatable bonds is 13. The Morgan fingerprint density at radius 1 is 1.09 bits per heavy atom. The normalized spacial score (nSPS) is 12.9. The first kappa shape index (κ1) is 27.5. The van der Waals surface area contributed by atoms with Crippen LogP contribution in [0.25, 0.3) is 0 Å². The van der Waals surface area contributed by atoms with Crippen LogP contribution >= 0.6 is 0 Å². The molecule has 34 heavy (non-hydrogen) atoms. The van der Waals surface area contributed by atoms with Gasteiger partial charge in [0, 0.05) is 6.61 Å². The average Bonchev–Trinajstić information content (AvgIpc) is 2.76. The monoisotopic (exact) mass is 504 g/mol. The van der Waals surface area contributed by atoms with E-state index in [0.29, 0.717) is 18.6 Å². The average molecular weight is 505 g/mol. The van der Waals surface area contributed by atoms with Crippen LogP contribution in [0.5, 0.6) is 11.5 Å². The lowest BCUT2D eigenvalue weighted by Crippen LogP contribution is -2.30. The molecule has 0 fully saturated rings. The highest BCUT2D eigenvalue weighted by molar-refractivity contribution is 7.91. The molecule has 0 aliphatic carbocycles. The molecule has 0 radical (unpaired) electrons. The quantitative estimate of drug-likeness (QED) is 0.401. The van der Waals surface area contributed by atoms with E-state index in [1.165, 1.54) is 30.3 Å². The minimum atomic E-state index is -4.47. The highest BCUT2D eigenvalue weighted by Gasteiger charge is 2.30. The van der Waals surface area contributed by atoms with Crippen molar-refractivity contribution >= 4 is 15.8 Å². The van der Waals surface area contributed by atoms with E-state index < -0.39 is 46.0 Å². The summed E-state index contributed by atoms with van der Waals surface area (Å²) < 4.78 is 80.4. The number of halogens is 3. The van der Waals surface area contributed by atoms with E-state index in [9.17, 15) is 26.4 Å². The molecule has 0 amide bonds. The Morgan fingerprint density at radius 3 is 2.32 bits per heavy atom. The fourth-order valence-electron chi connectivity index (χ4n) is 2.93. The molecular weight excluding hydrogens is 477 g/mol. The number of alkyl halides is 3. The Labute approximate surface area is 196 Å². The van der Waals surface area contributed by atoms with Crippen LogP contribution in [-0.2, 0) is 25.5 Å². The minimum absolute atomic E-state index is 0.00583. The van der Waals surface area contributed by atoms with Crippen LogP contribution in [0.4, 0.5) is 13.2 Å². The largest absolute Gasteiger partial charge is 0.491 e. The summed E-state index contributed by atoms with van der Waals surface area (Å²) in [7, 11) is -3.82. The smallest absolute Gasteiger partial charge is 0.416 e. The van der Waals surface area contributed by atoms with Gasteiger partial charge in [0.15, 0.2) is 16.4 Å². The molecule has 0 aromatic heterocycles. The van der Waals surface area contributed by atoms with Gasteiger partial charge in [0.1, 0.15) is 24.2 Å². The molecule has 0 spiro atoms. The zero-order chi connectivity index (χ0) is 25.4. The third-order valence-electron chi connectivity index (χ3n) is 4.73. The zero-order valence-corrected chi connectivity index (χ0v) is 19.6. The topological polar surface area (TPSA) is 99.1 Å². The first-order valence-electron chi connectivity index (χ1n) is 10.5. The van der Waals surface area contributed by atoms with Crippen molar-refractivity contribution in [2.24, 2.45) is 0 Å². The number of carbonyl (C=O) groups is 1. The van der Waals surface area contributed by atoms with E-state index in [2.05, 4.69) is 0 Å². The maximum atomic E-state index is 13.0. The molecule has 11 heteroatoms. The highest BCUT2D eigenvalue weighted by atomic mass is 32.2. The molecule has 2 rings (SSSR count). The maximum absolute atomic E-state index is 13.0. The van der Waals surface area contributed by atoms with Crippen LogP contribution in [-0.4, -0.2) is 51.2 Å². The predicted molar refractivity (Wildman–Crippen MR) is 118 cm³/mol. The van der Waals surface area contributed by atoms with Crippen LogP contribution in [0.3, 0.4) is 0 Å². The van der Waals surface area contributed by atoms with Crippen molar-refractivity contribution in [1.29, 1.82) is 0 Å². The molecule has 0 aliphatic heterocycles. The fraction of sp³-hybridized carbons (Fsp3) is 0.435. The van der Waals surface area contributed by atoms with E-state index in [0.717, 1.165) is 18.6 Å². The van der Waals surface area contributed by atoms with Gasteiger partial charge in [-0.2, -0.15) is 13.2 Å². The van der Waals surface area contributed by atoms with Gasteiger partial charge in [-0.15, -0.1) is 0 Å². The lowest BCUT2D eigenvalue weighted by atomic mass is 10.2. The number of unbranched alkanes of at least 4 members (excludes halogenated alkanes) is 1. The van der Waals surface area contributed by atoms with Crippen molar-refractivity contribution in [1.82, 2.24) is 0 Å². The Hall–Kier alpha value is -2.79. The number of aliphatic carboxylic acids is 1. The summed E-state index contributed by atoms with van der Waals surface area (Å²) in [5.74, 6) is -1.16. The number of hydrogen-bond acceptors (Lipinski definition) is 6. The standard InChI is InChI=1S/C23H27F3O7S/c1-3-4-11-31-19(13-32-18-7-5-17(6-8-18)23(24,25)26)15-34(29,30)20-9-10-21(16(2)12-20)33-14-22(27)28/h5-10,12,19H,3-4,11,13-15H2,1-2H3,(H,27,28)/t19-/m1/s1. The molecule has 0 aliphatic rings. The second-order valence-electron chi connectivity index (χ2n) is 7.57. The lowest BCUT2D eigenvalue weighted by Gasteiger charge is -2.19. The van der Waals surface area contributed by atoms with E-state index in [-0.39, 0.29) is 23.0 Å². The van der Waals surface area contributed by atoms with Crippen molar-refractivity contribution < 1.29 is 45.7 Å². The molecule has 0 heterocycles. The fourth-order valence-corrected chi connectivity index (χ4v) is 4.43. The first-order valence-corrected chi connectivity index (χ1v) is 12.2. The number of sulfone groups is 1. The molecule has 0 unspecified atom stereocenters. The van der Waals surface area contributed by atoms with E-state index >= 15 is 0 Å². The Kier molecular flexibility index (Phi) is 9.75. The number of carboxylic acid groups (broad SMARTS) is 1. The van der Waals surface area contributed by atoms with Crippen LogP contribution in [0.2, 0.25) is 0 Å². The summed E-state index contributed by atoms with van der Waals surface area (Å²) in [5, 5.41) is 8.72. The van der Waals surface area contributed by atoms with Gasteiger partial charge in [-0.05, 0) is 61.4 Å². The minimum Gasteiger partial charge on any atom is -0.491 e. The summed E-state index contributed by atoms with van der Waals surface area (Å²) in [6, 6.07) is 8.19. The predicted octanol–water partition coefficient (Wildman–Crippen LogP) is 4.52.